The Labute approximate surface area is 686 Å². The molecule has 9 heterocycles. The second kappa shape index (κ2) is 35.8. The molecule has 0 saturated carbocycles. The van der Waals surface area contributed by atoms with Gasteiger partial charge in [-0.2, -0.15) is 0 Å². The third-order valence-corrected chi connectivity index (χ3v) is 25.2. The van der Waals surface area contributed by atoms with Crippen molar-refractivity contribution in [3.8, 4) is 17.2 Å². The van der Waals surface area contributed by atoms with E-state index in [0.717, 1.165) is 19.3 Å². The highest BCUT2D eigenvalue weighted by Crippen LogP contribution is 2.58. The zero-order valence-electron chi connectivity index (χ0n) is 69.3. The summed E-state index contributed by atoms with van der Waals surface area (Å²) in [6.45, 7) is 15.9. The minimum atomic E-state index is -2.06. The van der Waals surface area contributed by atoms with Gasteiger partial charge in [0.05, 0.1) is 121 Å². The predicted octanol–water partition coefficient (Wildman–Crippen LogP) is 2.58. The molecule has 2 aromatic carbocycles. The number of ether oxygens (including phenoxy) is 22. The summed E-state index contributed by atoms with van der Waals surface area (Å²) in [5, 5.41) is 106. The van der Waals surface area contributed by atoms with Crippen molar-refractivity contribution >= 4 is 29.5 Å². The summed E-state index contributed by atoms with van der Waals surface area (Å²) in [4.78, 5) is 82.7. The number of methoxy groups -OCH3 is 5. The van der Waals surface area contributed by atoms with Crippen LogP contribution in [0.15, 0.2) is 24.3 Å². The third-order valence-electron chi connectivity index (χ3n) is 25.2. The lowest BCUT2D eigenvalue weighted by atomic mass is 9.68. The first-order valence-corrected chi connectivity index (χ1v) is 40.1. The van der Waals surface area contributed by atoms with Crippen LogP contribution in [0.2, 0.25) is 0 Å². The second-order valence-corrected chi connectivity index (χ2v) is 33.6. The van der Waals surface area contributed by atoms with Crippen LogP contribution in [0.4, 0.5) is 0 Å². The number of carboxylic acids is 1. The SMILES string of the molecule is COC(=O)[C@@H]1c2cc3c(c(O)c2[C@H](O[C@H]2C[C@H](OC)[C@@H](O[C@H]4C[C@@H](O)[C@@H](O[C@H]5C[C@@H](OC)[C@@H](O[C@H]6C[C@@H](OC)[C@@H](OC(=O)/C=C/C(=O)O)[C@@H](C)O6)[C@@H](C)O5)[C@@H](C)O4)[C@@H](C)O2)C[C@]1(C)O)C(=O)c1c(O)cc2c(c1C3=O)O[C@H]1O[C@]2(C)[C@@H](O[C@H]2C[C@H](O)[C@H](O[C@H]3C[C@@](C)([N+](=O)[O-])[C@H](O[C@@H]4C[C@H](OC)[C@H](O)[C@H](C)O4)[C@@H](C)O3)[C@H](C)O2)[C@H](N(C)C)[C@H]1O. The van der Waals surface area contributed by atoms with Gasteiger partial charge in [-0.15, -0.1) is 0 Å². The number of aliphatic hydroxyl groups excluding tert-OH is 4. The second-order valence-electron chi connectivity index (χ2n) is 33.6. The smallest absolute Gasteiger partial charge is 0.331 e. The lowest BCUT2D eigenvalue weighted by molar-refractivity contribution is -0.599. The number of phenolic OH excluding ortho intramolecular Hbond substituents is 2. The fourth-order valence-corrected chi connectivity index (χ4v) is 19.2. The molecule has 2 aromatic rings. The Balaban J connectivity index is 0.679. The number of nitro groups is 1. The van der Waals surface area contributed by atoms with Gasteiger partial charge < -0.3 is 150 Å². The number of phenols is 2. The summed E-state index contributed by atoms with van der Waals surface area (Å²) in [6, 6.07) is 1.31. The molecule has 9 aliphatic heterocycles. The molecule has 0 spiro atoms. The molecule has 664 valence electrons. The highest BCUT2D eigenvalue weighted by atomic mass is 16.8. The van der Waals surface area contributed by atoms with Crippen LogP contribution in [0, 0.1) is 10.1 Å². The number of nitrogens with zero attached hydrogens (tertiary/aromatic N) is 2. The number of aromatic hydroxyl groups is 2. The Morgan fingerprint density at radius 1 is 0.555 bits per heavy atom. The van der Waals surface area contributed by atoms with Crippen LogP contribution >= 0.6 is 0 Å². The van der Waals surface area contributed by atoms with Crippen molar-refractivity contribution in [1.82, 2.24) is 4.90 Å². The van der Waals surface area contributed by atoms with Gasteiger partial charge in [-0.25, -0.2) is 9.59 Å². The van der Waals surface area contributed by atoms with Gasteiger partial charge in [0.1, 0.15) is 77.6 Å². The average molecular weight is 1690 g/mol. The third kappa shape index (κ3) is 17.4. The van der Waals surface area contributed by atoms with Crippen LogP contribution in [0.1, 0.15) is 181 Å². The summed E-state index contributed by atoms with van der Waals surface area (Å²) in [6.07, 6.45) is -30.4. The van der Waals surface area contributed by atoms with Gasteiger partial charge in [-0.1, -0.05) is 0 Å². The van der Waals surface area contributed by atoms with Crippen molar-refractivity contribution in [2.45, 2.75) is 340 Å². The van der Waals surface area contributed by atoms with Crippen molar-refractivity contribution in [3.63, 3.8) is 0 Å². The van der Waals surface area contributed by atoms with Crippen molar-refractivity contribution in [3.05, 3.63) is 73.3 Å². The number of carbonyl (C=O) groups excluding carboxylic acids is 4. The van der Waals surface area contributed by atoms with Crippen LogP contribution in [0.3, 0.4) is 0 Å². The van der Waals surface area contributed by atoms with Crippen molar-refractivity contribution < 1.29 is 174 Å². The van der Waals surface area contributed by atoms with Crippen LogP contribution in [-0.4, -0.2) is 332 Å². The Kier molecular flexibility index (Phi) is 27.2. The van der Waals surface area contributed by atoms with Gasteiger partial charge in [0.2, 0.25) is 12.1 Å². The zero-order valence-corrected chi connectivity index (χ0v) is 69.3. The molecule has 0 radical (unpaired) electrons. The monoisotopic (exact) mass is 1690 g/mol. The molecule has 8 fully saturated rings. The van der Waals surface area contributed by atoms with Gasteiger partial charge in [-0.05, 0) is 94.1 Å². The minimum Gasteiger partial charge on any atom is -0.507 e. The molecule has 39 heteroatoms. The number of hydrogen-bond acceptors (Lipinski definition) is 37. The molecule has 39 nitrogen and oxygen atoms in total. The Hall–Kier alpha value is -6.27. The van der Waals surface area contributed by atoms with Crippen LogP contribution in [0.25, 0.3) is 0 Å². The fourth-order valence-electron chi connectivity index (χ4n) is 19.2. The number of carboxylic acid groups (broad SMARTS) is 1. The predicted molar refractivity (Wildman–Crippen MR) is 398 cm³/mol. The maximum Gasteiger partial charge on any atom is 0.331 e. The van der Waals surface area contributed by atoms with E-state index < -0.39 is 294 Å². The van der Waals surface area contributed by atoms with E-state index in [1.54, 1.807) is 74.4 Å². The number of fused-ring (bicyclic) bond motifs is 8. The van der Waals surface area contributed by atoms with Gasteiger partial charge in [-0.3, -0.25) is 24.5 Å². The molecule has 0 amide bonds. The zero-order chi connectivity index (χ0) is 86.4. The van der Waals surface area contributed by atoms with E-state index in [1.165, 1.54) is 48.4 Å². The topological polar surface area (TPSA) is 497 Å². The number of likely N-dealkylation sites (N-methyl/N-ethyl adjacent to an activating group) is 1. The van der Waals surface area contributed by atoms with Crippen molar-refractivity contribution in [2.75, 3.05) is 49.6 Å². The number of hydrogen-bond donors (Lipinski definition) is 8. The number of aliphatic carboxylic acids is 1. The largest absolute Gasteiger partial charge is 0.507 e. The molecular weight excluding hydrogens is 1580 g/mol. The molecular formula is C80H112N2O37. The number of aliphatic hydroxyl groups is 5. The van der Waals surface area contributed by atoms with Crippen molar-refractivity contribution in [1.29, 1.82) is 0 Å². The molecule has 13 rings (SSSR count). The van der Waals surface area contributed by atoms with E-state index in [2.05, 4.69) is 0 Å². The summed E-state index contributed by atoms with van der Waals surface area (Å²) in [7, 11) is 10.2. The van der Waals surface area contributed by atoms with Crippen LogP contribution < -0.4 is 4.74 Å². The maximum atomic E-state index is 15.7. The van der Waals surface area contributed by atoms with Crippen LogP contribution in [-0.2, 0) is 119 Å². The molecule has 0 unspecified atom stereocenters. The van der Waals surface area contributed by atoms with E-state index in [4.69, 9.17) is 109 Å². The Bertz CT molecular complexity index is 4050. The molecule has 36 atom stereocenters. The highest BCUT2D eigenvalue weighted by molar-refractivity contribution is 6.31. The molecule has 119 heavy (non-hydrogen) atoms. The first-order valence-electron chi connectivity index (χ1n) is 40.1. The molecule has 8 saturated heterocycles. The first kappa shape index (κ1) is 90.5. The summed E-state index contributed by atoms with van der Waals surface area (Å²) >= 11 is 0. The normalized spacial score (nSPS) is 43.5. The number of rotatable bonds is 24. The summed E-state index contributed by atoms with van der Waals surface area (Å²) < 4.78 is 136. The van der Waals surface area contributed by atoms with E-state index in [-0.39, 0.29) is 67.4 Å². The van der Waals surface area contributed by atoms with E-state index in [1.807, 2.05) is 0 Å². The minimum absolute atomic E-state index is 0.0384. The fraction of sp³-hybridized carbons (Fsp3) is 0.762. The quantitative estimate of drug-likeness (QED) is 0.0276. The number of carbonyl (C=O) groups is 5. The lowest BCUT2D eigenvalue weighted by Crippen LogP contribution is -2.70. The van der Waals surface area contributed by atoms with Gasteiger partial charge >= 0.3 is 17.9 Å². The van der Waals surface area contributed by atoms with E-state index in [0.29, 0.717) is 6.08 Å². The summed E-state index contributed by atoms with van der Waals surface area (Å²) in [5.41, 5.74) is -8.27. The number of benzene rings is 2. The maximum absolute atomic E-state index is 15.7. The molecule has 2 aliphatic carbocycles. The molecule has 2 bridgehead atoms. The van der Waals surface area contributed by atoms with Crippen LogP contribution in [0.5, 0.6) is 17.2 Å². The van der Waals surface area contributed by atoms with E-state index >= 15 is 9.59 Å². The number of ketones is 2. The molecule has 11 aliphatic rings. The standard InChI is InChI=1S/C80H112N2O37/c1-30-63(89)43(98-13)24-55(103-30)116-74-36(7)109-56(29-78(74,8)82(96)97)115-69-32(3)105-51(23-42(69)85)117-75-62(81(11)12)67(93)77-118-73-39(80(75,10)119-77)21-40(83)59-60(73)64(90)38-20-37-57(65(91)58(38)66(59)92)47(28-79(9,95)61(37)76(94)102-17)110-52-25-45(100-15)71(34(5)106-52)113-50-22-41(84)68(31(2)104-50)112-53-27-46(101-16)72(35(6)108-53)114-54-26-44(99-14)70(33(4)107-54)111-49(88)19-18-48(86)87/h18-21,30-36,41-47,50-56,61-63,67-72,74-75,77,83-85,89,91,93,95H,22-29H2,1-17H3,(H,86,87)/b19-18+/t30-,31+,32-,33+,34+,35+,36+,41+,42-,43-,44+,45-,46+,47+,50-,51-,52-,53-,54-,55+,56-,61-,62+,63+,67+,68-,69+,70-,71-,72-,74+,75-,77-,78+,79-,80-/m0/s1. The number of esters is 2. The van der Waals surface area contributed by atoms with Gasteiger partial charge in [0.15, 0.2) is 62.0 Å². The molecule has 0 aromatic heterocycles. The molecule has 8 N–H and O–H groups in total. The van der Waals surface area contributed by atoms with Gasteiger partial charge in [0.25, 0.3) is 5.54 Å². The summed E-state index contributed by atoms with van der Waals surface area (Å²) in [5.74, 6) is -8.80. The highest BCUT2D eigenvalue weighted by Gasteiger charge is 2.64. The van der Waals surface area contributed by atoms with Gasteiger partial charge in [0, 0.05) is 114 Å². The first-order chi connectivity index (χ1) is 56.2. The Morgan fingerprint density at radius 3 is 1.55 bits per heavy atom. The van der Waals surface area contributed by atoms with Crippen molar-refractivity contribution in [2.24, 2.45) is 0 Å². The van der Waals surface area contributed by atoms with E-state index in [9.17, 15) is 60.2 Å². The lowest BCUT2D eigenvalue weighted by Gasteiger charge is -2.56. The Morgan fingerprint density at radius 2 is 1.03 bits per heavy atom. The average Bonchev–Trinajstić information content (AvgIpc) is 0.690.